The van der Waals surface area contributed by atoms with Gasteiger partial charge in [-0.3, -0.25) is 14.6 Å². The molecule has 0 bridgehead atoms. The summed E-state index contributed by atoms with van der Waals surface area (Å²) in [4.78, 5) is 11.0. The number of anilines is 1. The largest absolute Gasteiger partial charge is 0.384 e. The minimum Gasteiger partial charge on any atom is -0.384 e. The predicted molar refractivity (Wildman–Crippen MR) is 59.7 cm³/mol. The third kappa shape index (κ3) is 1.93. The quantitative estimate of drug-likeness (QED) is 0.768. The number of aromatic nitrogens is 2. The summed E-state index contributed by atoms with van der Waals surface area (Å²) in [5, 5.41) is 2.66. The van der Waals surface area contributed by atoms with Gasteiger partial charge in [0.05, 0.1) is 6.54 Å². The van der Waals surface area contributed by atoms with Crippen molar-refractivity contribution >= 4 is 5.82 Å². The van der Waals surface area contributed by atoms with Crippen LogP contribution in [0.25, 0.3) is 0 Å². The van der Waals surface area contributed by atoms with Crippen molar-refractivity contribution < 1.29 is 0 Å². The molecule has 0 unspecified atom stereocenters. The monoisotopic (exact) mass is 203 g/mol. The van der Waals surface area contributed by atoms with Crippen molar-refractivity contribution in [2.45, 2.75) is 13.5 Å². The molecule has 2 aromatic rings. The SMILES string of the molecule is Cc1ccccc1Cn1[nH]c(=O)cc1N. The lowest BCUT2D eigenvalue weighted by Gasteiger charge is -2.07. The number of aryl methyl sites for hydroxylation is 1. The number of nitrogens with zero attached hydrogens (tertiary/aromatic N) is 1. The van der Waals surface area contributed by atoms with Gasteiger partial charge in [0.2, 0.25) is 0 Å². The van der Waals surface area contributed by atoms with E-state index in [1.807, 2.05) is 31.2 Å². The highest BCUT2D eigenvalue weighted by Gasteiger charge is 2.02. The van der Waals surface area contributed by atoms with Crippen LogP contribution >= 0.6 is 0 Å². The van der Waals surface area contributed by atoms with E-state index in [1.54, 1.807) is 4.68 Å². The molecule has 2 rings (SSSR count). The molecule has 0 aliphatic carbocycles. The van der Waals surface area contributed by atoms with Crippen LogP contribution in [0.3, 0.4) is 0 Å². The topological polar surface area (TPSA) is 63.8 Å². The van der Waals surface area contributed by atoms with Gasteiger partial charge in [0.1, 0.15) is 5.82 Å². The van der Waals surface area contributed by atoms with Crippen molar-refractivity contribution in [2.24, 2.45) is 0 Å². The average Bonchev–Trinajstić information content (AvgIpc) is 2.49. The molecule has 0 aliphatic heterocycles. The summed E-state index contributed by atoms with van der Waals surface area (Å²) in [6.07, 6.45) is 0. The van der Waals surface area contributed by atoms with Crippen LogP contribution in [0.2, 0.25) is 0 Å². The van der Waals surface area contributed by atoms with Gasteiger partial charge >= 0.3 is 0 Å². The minimum atomic E-state index is -0.166. The molecule has 0 saturated heterocycles. The van der Waals surface area contributed by atoms with E-state index in [4.69, 9.17) is 5.73 Å². The molecule has 0 fully saturated rings. The Bertz CT molecular complexity index is 525. The number of nitrogen functional groups attached to an aromatic ring is 1. The third-order valence-electron chi connectivity index (χ3n) is 2.43. The number of benzene rings is 1. The summed E-state index contributed by atoms with van der Waals surface area (Å²) < 4.78 is 1.64. The number of nitrogens with two attached hydrogens (primary N) is 1. The minimum absolute atomic E-state index is 0.166. The summed E-state index contributed by atoms with van der Waals surface area (Å²) >= 11 is 0. The zero-order valence-electron chi connectivity index (χ0n) is 8.53. The standard InChI is InChI=1S/C11H13N3O/c1-8-4-2-3-5-9(8)7-14-10(12)6-11(15)13-14/h2-6H,7,12H2,1H3,(H,13,15). The zero-order valence-corrected chi connectivity index (χ0v) is 8.53. The molecule has 78 valence electrons. The van der Waals surface area contributed by atoms with E-state index in [9.17, 15) is 4.79 Å². The van der Waals surface area contributed by atoms with Crippen molar-refractivity contribution in [3.8, 4) is 0 Å². The van der Waals surface area contributed by atoms with Gasteiger partial charge in [0.25, 0.3) is 5.56 Å². The predicted octanol–water partition coefficient (Wildman–Crippen LogP) is 1.12. The average molecular weight is 203 g/mol. The van der Waals surface area contributed by atoms with Crippen molar-refractivity contribution in [1.82, 2.24) is 9.78 Å². The van der Waals surface area contributed by atoms with Crippen LogP contribution in [-0.2, 0) is 6.54 Å². The molecule has 0 radical (unpaired) electrons. The fourth-order valence-electron chi connectivity index (χ4n) is 1.53. The number of hydrogen-bond acceptors (Lipinski definition) is 2. The van der Waals surface area contributed by atoms with Crippen LogP contribution in [0, 0.1) is 6.92 Å². The molecule has 0 spiro atoms. The van der Waals surface area contributed by atoms with Gasteiger partial charge in [-0.05, 0) is 18.1 Å². The lowest BCUT2D eigenvalue weighted by Crippen LogP contribution is -2.09. The summed E-state index contributed by atoms with van der Waals surface area (Å²) in [6, 6.07) is 9.40. The van der Waals surface area contributed by atoms with Crippen molar-refractivity contribution in [1.29, 1.82) is 0 Å². The molecular weight excluding hydrogens is 190 g/mol. The van der Waals surface area contributed by atoms with Crippen molar-refractivity contribution in [3.05, 3.63) is 51.8 Å². The Morgan fingerprint density at radius 3 is 2.73 bits per heavy atom. The normalized spacial score (nSPS) is 10.5. The molecule has 15 heavy (non-hydrogen) atoms. The Morgan fingerprint density at radius 2 is 2.13 bits per heavy atom. The summed E-state index contributed by atoms with van der Waals surface area (Å²) in [6.45, 7) is 2.63. The van der Waals surface area contributed by atoms with Gasteiger partial charge in [-0.1, -0.05) is 24.3 Å². The van der Waals surface area contributed by atoms with Gasteiger partial charge in [0.15, 0.2) is 0 Å². The van der Waals surface area contributed by atoms with Crippen LogP contribution in [0.1, 0.15) is 11.1 Å². The summed E-state index contributed by atoms with van der Waals surface area (Å²) in [7, 11) is 0. The first kappa shape index (κ1) is 9.58. The number of H-pyrrole nitrogens is 1. The van der Waals surface area contributed by atoms with E-state index in [0.29, 0.717) is 12.4 Å². The molecule has 1 heterocycles. The highest BCUT2D eigenvalue weighted by atomic mass is 16.1. The van der Waals surface area contributed by atoms with Crippen LogP contribution in [-0.4, -0.2) is 9.78 Å². The van der Waals surface area contributed by atoms with E-state index in [-0.39, 0.29) is 5.56 Å². The number of hydrogen-bond donors (Lipinski definition) is 2. The highest BCUT2D eigenvalue weighted by Crippen LogP contribution is 2.09. The Morgan fingerprint density at radius 1 is 1.40 bits per heavy atom. The van der Waals surface area contributed by atoms with Crippen LogP contribution in [0.5, 0.6) is 0 Å². The number of rotatable bonds is 2. The molecule has 0 atom stereocenters. The van der Waals surface area contributed by atoms with Crippen LogP contribution < -0.4 is 11.3 Å². The van der Waals surface area contributed by atoms with Crippen molar-refractivity contribution in [3.63, 3.8) is 0 Å². The fourth-order valence-corrected chi connectivity index (χ4v) is 1.53. The van der Waals surface area contributed by atoms with Gasteiger partial charge in [-0.15, -0.1) is 0 Å². The smallest absolute Gasteiger partial charge is 0.266 e. The maximum atomic E-state index is 11.0. The van der Waals surface area contributed by atoms with E-state index in [0.717, 1.165) is 5.56 Å². The van der Waals surface area contributed by atoms with Crippen LogP contribution in [0.15, 0.2) is 35.1 Å². The maximum Gasteiger partial charge on any atom is 0.266 e. The Balaban J connectivity index is 2.33. The van der Waals surface area contributed by atoms with E-state index >= 15 is 0 Å². The second kappa shape index (κ2) is 3.65. The molecule has 3 N–H and O–H groups in total. The summed E-state index contributed by atoms with van der Waals surface area (Å²) in [5.41, 5.74) is 7.84. The molecule has 0 aliphatic rings. The van der Waals surface area contributed by atoms with E-state index in [1.165, 1.54) is 11.6 Å². The second-order valence-corrected chi connectivity index (χ2v) is 3.56. The van der Waals surface area contributed by atoms with Gasteiger partial charge in [0, 0.05) is 6.07 Å². The van der Waals surface area contributed by atoms with Crippen molar-refractivity contribution in [2.75, 3.05) is 5.73 Å². The first-order chi connectivity index (χ1) is 7.16. The fraction of sp³-hybridized carbons (Fsp3) is 0.182. The number of aromatic amines is 1. The highest BCUT2D eigenvalue weighted by molar-refractivity contribution is 5.30. The molecular formula is C11H13N3O. The van der Waals surface area contributed by atoms with Gasteiger partial charge < -0.3 is 5.73 Å². The first-order valence-corrected chi connectivity index (χ1v) is 4.76. The lowest BCUT2D eigenvalue weighted by atomic mass is 10.1. The molecule has 0 amide bonds. The lowest BCUT2D eigenvalue weighted by molar-refractivity contribution is 0.686. The van der Waals surface area contributed by atoms with E-state index < -0.39 is 0 Å². The Hall–Kier alpha value is -1.97. The Labute approximate surface area is 87.3 Å². The van der Waals surface area contributed by atoms with E-state index in [2.05, 4.69) is 5.10 Å². The maximum absolute atomic E-state index is 11.0. The third-order valence-corrected chi connectivity index (χ3v) is 2.43. The van der Waals surface area contributed by atoms with Gasteiger partial charge in [-0.25, -0.2) is 0 Å². The van der Waals surface area contributed by atoms with Crippen LogP contribution in [0.4, 0.5) is 5.82 Å². The van der Waals surface area contributed by atoms with Gasteiger partial charge in [-0.2, -0.15) is 0 Å². The number of nitrogens with one attached hydrogen (secondary N) is 1. The summed E-state index contributed by atoms with van der Waals surface area (Å²) in [5.74, 6) is 0.461. The molecule has 1 aromatic heterocycles. The first-order valence-electron chi connectivity index (χ1n) is 4.76. The molecule has 4 nitrogen and oxygen atoms in total. The second-order valence-electron chi connectivity index (χ2n) is 3.56. The molecule has 1 aromatic carbocycles. The molecule has 0 saturated carbocycles. The zero-order chi connectivity index (χ0) is 10.8. The molecule has 4 heteroatoms. The Kier molecular flexibility index (Phi) is 2.33.